The molecule has 130 valence electrons. The maximum Gasteiger partial charge on any atom is 0.191 e. The zero-order chi connectivity index (χ0) is 17.8. The van der Waals surface area contributed by atoms with E-state index in [1.54, 1.807) is 6.92 Å². The second-order valence-corrected chi connectivity index (χ2v) is 6.14. The summed E-state index contributed by atoms with van der Waals surface area (Å²) >= 11 is 0. The first-order valence-electron chi connectivity index (χ1n) is 8.20. The number of ketones is 2. The molecule has 0 saturated carbocycles. The molecular formula is C23H19O2Y2-. The van der Waals surface area contributed by atoms with E-state index in [-0.39, 0.29) is 77.0 Å². The van der Waals surface area contributed by atoms with Gasteiger partial charge in [-0.15, -0.1) is 41.8 Å². The van der Waals surface area contributed by atoms with Crippen molar-refractivity contribution in [2.75, 3.05) is 0 Å². The number of carbonyl (C=O) groups excluding carboxylic acids is 2. The molecule has 3 aromatic carbocycles. The van der Waals surface area contributed by atoms with Crippen molar-refractivity contribution in [2.45, 2.75) is 13.8 Å². The molecule has 0 saturated heterocycles. The van der Waals surface area contributed by atoms with Gasteiger partial charge in [0, 0.05) is 82.1 Å². The maximum absolute atomic E-state index is 12.5. The van der Waals surface area contributed by atoms with Crippen LogP contribution < -0.4 is 0 Å². The Bertz CT molecular complexity index is 897. The fraction of sp³-hybridized carbons (Fsp3) is 0.0870. The van der Waals surface area contributed by atoms with Gasteiger partial charge in [0.05, 0.1) is 0 Å². The molecule has 0 heterocycles. The number of aryl methyl sites for hydroxylation is 1. The van der Waals surface area contributed by atoms with Gasteiger partial charge in [-0.25, -0.2) is 0 Å². The Morgan fingerprint density at radius 2 is 1.00 bits per heavy atom. The molecule has 0 unspecified atom stereocenters. The summed E-state index contributed by atoms with van der Waals surface area (Å²) in [4.78, 5) is 23.8. The standard InChI is InChI=1S/C23H19O2.2Y/c1-16-3-9-21(10-4-16)23(25)22-13-7-19(8-14-22)15-18-5-11-20(12-6-18)17(2)24;;/h3-15H,1-2H3;;/q-1;;. The molecule has 0 amide bonds. The van der Waals surface area contributed by atoms with Gasteiger partial charge in [0.25, 0.3) is 0 Å². The molecule has 0 spiro atoms. The van der Waals surface area contributed by atoms with Crippen molar-refractivity contribution in [1.82, 2.24) is 0 Å². The summed E-state index contributed by atoms with van der Waals surface area (Å²) in [7, 11) is 0. The van der Waals surface area contributed by atoms with Gasteiger partial charge < -0.3 is 0 Å². The van der Waals surface area contributed by atoms with Crippen LogP contribution in [0.5, 0.6) is 0 Å². The van der Waals surface area contributed by atoms with E-state index in [2.05, 4.69) is 0 Å². The van der Waals surface area contributed by atoms with E-state index in [1.165, 1.54) is 0 Å². The second-order valence-electron chi connectivity index (χ2n) is 6.14. The summed E-state index contributed by atoms with van der Waals surface area (Å²) in [6, 6.07) is 22.6. The fourth-order valence-electron chi connectivity index (χ4n) is 2.61. The molecule has 3 aromatic rings. The average Bonchev–Trinajstić information content (AvgIpc) is 2.63. The first-order valence-corrected chi connectivity index (χ1v) is 8.20. The van der Waals surface area contributed by atoms with Gasteiger partial charge in [-0.05, 0) is 13.8 Å². The number of rotatable bonds is 5. The maximum atomic E-state index is 12.5. The topological polar surface area (TPSA) is 34.1 Å². The van der Waals surface area contributed by atoms with Gasteiger partial charge in [-0.1, -0.05) is 54.1 Å². The van der Waals surface area contributed by atoms with Gasteiger partial charge in [-0.3, -0.25) is 9.59 Å². The Hall–Kier alpha value is -0.922. The largest absolute Gasteiger partial charge is 0.295 e. The number of hydrogen-bond acceptors (Lipinski definition) is 2. The van der Waals surface area contributed by atoms with Crippen LogP contribution in [-0.2, 0) is 65.4 Å². The molecule has 4 heteroatoms. The van der Waals surface area contributed by atoms with Crippen LogP contribution in [0.1, 0.15) is 49.9 Å². The average molecular weight is 505 g/mol. The first kappa shape index (κ1) is 24.1. The van der Waals surface area contributed by atoms with Crippen molar-refractivity contribution in [3.8, 4) is 0 Å². The van der Waals surface area contributed by atoms with Crippen LogP contribution in [-0.4, -0.2) is 11.6 Å². The third-order valence-electron chi connectivity index (χ3n) is 4.14. The predicted octanol–water partition coefficient (Wildman–Crippen LogP) is 5.02. The molecule has 2 nitrogen and oxygen atoms in total. The van der Waals surface area contributed by atoms with Crippen molar-refractivity contribution < 1.29 is 75.0 Å². The molecule has 0 bridgehead atoms. The predicted molar refractivity (Wildman–Crippen MR) is 100 cm³/mol. The minimum absolute atomic E-state index is 0. The Morgan fingerprint density at radius 3 is 1.41 bits per heavy atom. The minimum atomic E-state index is 0. The molecule has 0 aromatic heterocycles. The normalized spacial score (nSPS) is 9.56. The summed E-state index contributed by atoms with van der Waals surface area (Å²) in [6.45, 7) is 3.56. The molecule has 27 heavy (non-hydrogen) atoms. The SMILES string of the molecule is CC(=O)c1ccc([CH-]c2ccc(C(=O)c3ccc(C)cc3)cc2)cc1.[Y].[Y]. The van der Waals surface area contributed by atoms with Gasteiger partial charge in [0.1, 0.15) is 0 Å². The summed E-state index contributed by atoms with van der Waals surface area (Å²) in [5.41, 5.74) is 5.24. The van der Waals surface area contributed by atoms with E-state index in [9.17, 15) is 9.59 Å². The van der Waals surface area contributed by atoms with E-state index in [4.69, 9.17) is 0 Å². The molecule has 2 radical (unpaired) electrons. The zero-order valence-electron chi connectivity index (χ0n) is 15.5. The Labute approximate surface area is 210 Å². The molecular weight excluding hydrogens is 486 g/mol. The van der Waals surface area contributed by atoms with E-state index >= 15 is 0 Å². The quantitative estimate of drug-likeness (QED) is 0.361. The van der Waals surface area contributed by atoms with E-state index < -0.39 is 0 Å². The fourth-order valence-corrected chi connectivity index (χ4v) is 2.61. The molecule has 0 atom stereocenters. The van der Waals surface area contributed by atoms with Crippen molar-refractivity contribution in [1.29, 1.82) is 0 Å². The molecule has 3 rings (SSSR count). The second kappa shape index (κ2) is 11.2. The van der Waals surface area contributed by atoms with Crippen LogP contribution in [0.15, 0.2) is 72.8 Å². The van der Waals surface area contributed by atoms with E-state index in [1.807, 2.05) is 86.1 Å². The van der Waals surface area contributed by atoms with Crippen LogP contribution >= 0.6 is 0 Å². The summed E-state index contributed by atoms with van der Waals surface area (Å²) in [6.07, 6.45) is 2.02. The number of hydrogen-bond donors (Lipinski definition) is 0. The third-order valence-corrected chi connectivity index (χ3v) is 4.14. The molecule has 0 N–H and O–H groups in total. The smallest absolute Gasteiger partial charge is 0.191 e. The van der Waals surface area contributed by atoms with Crippen LogP contribution in [0.3, 0.4) is 0 Å². The van der Waals surface area contributed by atoms with E-state index in [0.717, 1.165) is 16.7 Å². The van der Waals surface area contributed by atoms with E-state index in [0.29, 0.717) is 16.7 Å². The summed E-state index contributed by atoms with van der Waals surface area (Å²) in [5, 5.41) is 0. The number of benzene rings is 3. The Morgan fingerprint density at radius 1 is 0.630 bits per heavy atom. The summed E-state index contributed by atoms with van der Waals surface area (Å²) < 4.78 is 0. The Kier molecular flexibility index (Phi) is 9.98. The van der Waals surface area contributed by atoms with Crippen molar-refractivity contribution in [3.05, 3.63) is 113 Å². The van der Waals surface area contributed by atoms with Crippen LogP contribution in [0.4, 0.5) is 0 Å². The molecule has 0 aliphatic heterocycles. The molecule has 0 aliphatic rings. The summed E-state index contributed by atoms with van der Waals surface area (Å²) in [5.74, 6) is 0.0860. The number of carbonyl (C=O) groups is 2. The Balaban J connectivity index is 0.00000182. The minimum Gasteiger partial charge on any atom is -0.295 e. The van der Waals surface area contributed by atoms with Gasteiger partial charge in [0.15, 0.2) is 11.6 Å². The van der Waals surface area contributed by atoms with Gasteiger partial charge in [0.2, 0.25) is 0 Å². The zero-order valence-corrected chi connectivity index (χ0v) is 21.2. The number of Topliss-reactive ketones (excluding diaryl/α,β-unsaturated/α-hetero) is 1. The first-order chi connectivity index (χ1) is 12.0. The van der Waals surface area contributed by atoms with Crippen molar-refractivity contribution in [2.24, 2.45) is 0 Å². The van der Waals surface area contributed by atoms with Crippen molar-refractivity contribution in [3.63, 3.8) is 0 Å². The molecule has 0 aliphatic carbocycles. The van der Waals surface area contributed by atoms with Gasteiger partial charge >= 0.3 is 0 Å². The molecule has 0 fully saturated rings. The van der Waals surface area contributed by atoms with Crippen LogP contribution in [0.2, 0.25) is 0 Å². The monoisotopic (exact) mass is 505 g/mol. The van der Waals surface area contributed by atoms with Crippen molar-refractivity contribution >= 4 is 11.6 Å². The van der Waals surface area contributed by atoms with Gasteiger partial charge in [-0.2, -0.15) is 0 Å². The van der Waals surface area contributed by atoms with Crippen LogP contribution in [0, 0.1) is 13.3 Å². The van der Waals surface area contributed by atoms with Crippen LogP contribution in [0.25, 0.3) is 0 Å². The third kappa shape index (κ3) is 6.57.